The summed E-state index contributed by atoms with van der Waals surface area (Å²) < 4.78 is 26.1. The first-order valence-electron chi connectivity index (χ1n) is 15.6. The third-order valence-electron chi connectivity index (χ3n) is 8.16. The molecule has 266 valence electrons. The Labute approximate surface area is 281 Å². The average molecular weight is 702 g/mol. The van der Waals surface area contributed by atoms with Gasteiger partial charge in [0, 0.05) is 39.0 Å². The molecular weight excluding hydrogens is 651 g/mol. The summed E-state index contributed by atoms with van der Waals surface area (Å²) in [6.07, 6.45) is 1.68. The molecule has 2 atom stereocenters. The summed E-state index contributed by atoms with van der Waals surface area (Å²) in [6, 6.07) is -2.46. The van der Waals surface area contributed by atoms with Crippen LogP contribution in [0.3, 0.4) is 0 Å². The fraction of sp³-hybridized carbons (Fsp3) is 0.733. The number of rotatable bonds is 18. The van der Waals surface area contributed by atoms with Crippen LogP contribution in [0.2, 0.25) is 18.1 Å². The van der Waals surface area contributed by atoms with Gasteiger partial charge in [-0.2, -0.15) is 0 Å². The molecule has 47 heavy (non-hydrogen) atoms. The number of carbonyl (C=O) groups is 5. The number of methoxy groups -OCH3 is 2. The van der Waals surface area contributed by atoms with E-state index in [0.717, 1.165) is 20.0 Å². The first kappa shape index (κ1) is 40.1. The van der Waals surface area contributed by atoms with Crippen LogP contribution in [-0.2, 0) is 42.6 Å². The maximum Gasteiger partial charge on any atom is 0.331 e. The minimum absolute atomic E-state index is 0.00274. The molecular formula is C30H51N5O10SSi. The van der Waals surface area contributed by atoms with Crippen LogP contribution in [0.5, 0.6) is 0 Å². The summed E-state index contributed by atoms with van der Waals surface area (Å²) in [5.74, 6) is -2.57. The third kappa shape index (κ3) is 13.5. The zero-order valence-electron chi connectivity index (χ0n) is 28.8. The SMILES string of the molecule is COCCOCC(=O)NCC1CCN(c2nc(C(=O)N[C@@H](CO[Si](C)(C)C(C)(C)C)C(=O)N[C@@H](COC(C)=O)C(=O)OC)cs2)CC1. The van der Waals surface area contributed by atoms with Crippen molar-refractivity contribution in [2.75, 3.05) is 71.8 Å². The van der Waals surface area contributed by atoms with Crippen molar-refractivity contribution in [3.05, 3.63) is 11.1 Å². The molecule has 0 aromatic carbocycles. The molecule has 0 bridgehead atoms. The number of ether oxygens (including phenoxy) is 4. The first-order chi connectivity index (χ1) is 22.1. The topological polar surface area (TPSA) is 184 Å². The summed E-state index contributed by atoms with van der Waals surface area (Å²) in [5.41, 5.74) is 0.141. The summed E-state index contributed by atoms with van der Waals surface area (Å²) >= 11 is 1.32. The Bertz CT molecular complexity index is 1200. The monoisotopic (exact) mass is 701 g/mol. The fourth-order valence-corrected chi connectivity index (χ4v) is 6.04. The van der Waals surface area contributed by atoms with Crippen LogP contribution < -0.4 is 20.9 Å². The van der Waals surface area contributed by atoms with Crippen LogP contribution >= 0.6 is 11.3 Å². The van der Waals surface area contributed by atoms with Crippen LogP contribution in [0.1, 0.15) is 51.0 Å². The first-order valence-corrected chi connectivity index (χ1v) is 19.4. The van der Waals surface area contributed by atoms with Crippen LogP contribution in [-0.4, -0.2) is 122 Å². The third-order valence-corrected chi connectivity index (χ3v) is 13.6. The Kier molecular flexibility index (Phi) is 16.2. The van der Waals surface area contributed by atoms with Gasteiger partial charge in [-0.25, -0.2) is 9.78 Å². The molecule has 0 aliphatic carbocycles. The lowest BCUT2D eigenvalue weighted by Gasteiger charge is -2.37. The number of aromatic nitrogens is 1. The smallest absolute Gasteiger partial charge is 0.331 e. The number of esters is 2. The molecule has 1 fully saturated rings. The number of amides is 3. The lowest BCUT2D eigenvalue weighted by atomic mass is 9.97. The van der Waals surface area contributed by atoms with Crippen molar-refractivity contribution >= 4 is 54.4 Å². The van der Waals surface area contributed by atoms with Gasteiger partial charge in [0.2, 0.25) is 11.8 Å². The van der Waals surface area contributed by atoms with Crippen LogP contribution in [0.4, 0.5) is 5.13 Å². The predicted molar refractivity (Wildman–Crippen MR) is 178 cm³/mol. The van der Waals surface area contributed by atoms with E-state index in [0.29, 0.717) is 43.9 Å². The van der Waals surface area contributed by atoms with E-state index in [9.17, 15) is 24.0 Å². The van der Waals surface area contributed by atoms with Gasteiger partial charge in [-0.1, -0.05) is 20.8 Å². The van der Waals surface area contributed by atoms with Crippen molar-refractivity contribution in [2.24, 2.45) is 5.92 Å². The van der Waals surface area contributed by atoms with Crippen molar-refractivity contribution < 1.29 is 47.3 Å². The minimum Gasteiger partial charge on any atom is -0.467 e. The highest BCUT2D eigenvalue weighted by Crippen LogP contribution is 2.36. The molecule has 0 unspecified atom stereocenters. The highest BCUT2D eigenvalue weighted by Gasteiger charge is 2.39. The van der Waals surface area contributed by atoms with Crippen molar-refractivity contribution in [1.82, 2.24) is 20.9 Å². The Morgan fingerprint density at radius 1 is 1.04 bits per heavy atom. The van der Waals surface area contributed by atoms with E-state index in [2.05, 4.69) is 46.6 Å². The average Bonchev–Trinajstić information content (AvgIpc) is 3.52. The van der Waals surface area contributed by atoms with E-state index >= 15 is 0 Å². The zero-order chi connectivity index (χ0) is 35.2. The van der Waals surface area contributed by atoms with Gasteiger partial charge in [0.15, 0.2) is 19.5 Å². The largest absolute Gasteiger partial charge is 0.467 e. The molecule has 3 N–H and O–H groups in total. The number of hydrogen-bond acceptors (Lipinski definition) is 13. The molecule has 1 saturated heterocycles. The van der Waals surface area contributed by atoms with Gasteiger partial charge in [0.25, 0.3) is 5.91 Å². The van der Waals surface area contributed by atoms with Gasteiger partial charge in [0.1, 0.15) is 24.9 Å². The van der Waals surface area contributed by atoms with Gasteiger partial charge in [-0.05, 0) is 36.9 Å². The van der Waals surface area contributed by atoms with E-state index < -0.39 is 50.8 Å². The van der Waals surface area contributed by atoms with Crippen molar-refractivity contribution in [3.63, 3.8) is 0 Å². The second kappa shape index (κ2) is 19.0. The Morgan fingerprint density at radius 2 is 1.72 bits per heavy atom. The quantitative estimate of drug-likeness (QED) is 0.114. The Balaban J connectivity index is 2.04. The molecule has 0 saturated carbocycles. The summed E-state index contributed by atoms with van der Waals surface area (Å²) in [6.45, 7) is 13.6. The van der Waals surface area contributed by atoms with Crippen LogP contribution in [0, 0.1) is 5.92 Å². The van der Waals surface area contributed by atoms with Gasteiger partial charge in [-0.15, -0.1) is 11.3 Å². The van der Waals surface area contributed by atoms with E-state index in [1.165, 1.54) is 18.3 Å². The van der Waals surface area contributed by atoms with Gasteiger partial charge in [-0.3, -0.25) is 19.2 Å². The summed E-state index contributed by atoms with van der Waals surface area (Å²) in [7, 11) is 0.388. The predicted octanol–water partition coefficient (Wildman–Crippen LogP) is 1.48. The summed E-state index contributed by atoms with van der Waals surface area (Å²) in [5, 5.41) is 10.3. The van der Waals surface area contributed by atoms with Gasteiger partial charge < -0.3 is 44.2 Å². The molecule has 0 spiro atoms. The number of thiazole rings is 1. The van der Waals surface area contributed by atoms with Crippen LogP contribution in [0.15, 0.2) is 5.38 Å². The molecule has 2 heterocycles. The number of nitrogens with one attached hydrogen (secondary N) is 3. The maximum atomic E-state index is 13.4. The Morgan fingerprint density at radius 3 is 2.32 bits per heavy atom. The number of piperidine rings is 1. The number of hydrogen-bond donors (Lipinski definition) is 3. The molecule has 1 aliphatic rings. The molecule has 17 heteroatoms. The van der Waals surface area contributed by atoms with Crippen molar-refractivity contribution in [2.45, 2.75) is 70.8 Å². The maximum absolute atomic E-state index is 13.4. The highest BCUT2D eigenvalue weighted by molar-refractivity contribution is 7.13. The lowest BCUT2D eigenvalue weighted by Crippen LogP contribution is -2.56. The van der Waals surface area contributed by atoms with E-state index in [4.69, 9.17) is 23.4 Å². The number of carbonyl (C=O) groups excluding carboxylic acids is 5. The number of anilines is 1. The standard InChI is InChI=1S/C30H51N5O10SSi/c1-20(36)44-16-23(28(40)42-6)33-26(38)22(17-45-47(7,8)30(2,3)4)32-27(39)24-19-46-29(34-24)35-11-9-21(10-12-35)15-31-25(37)18-43-14-13-41-5/h19,21-23H,9-18H2,1-8H3,(H,31,37)(H,32,39)(H,33,38)/t22-,23-/m0/s1. The summed E-state index contributed by atoms with van der Waals surface area (Å²) in [4.78, 5) is 69.0. The van der Waals surface area contributed by atoms with Crippen molar-refractivity contribution in [1.29, 1.82) is 0 Å². The minimum atomic E-state index is -2.34. The van der Waals surface area contributed by atoms with Crippen molar-refractivity contribution in [3.8, 4) is 0 Å². The molecule has 0 radical (unpaired) electrons. The number of nitrogens with zero attached hydrogens (tertiary/aromatic N) is 2. The molecule has 3 amide bonds. The second-order valence-corrected chi connectivity index (χ2v) is 18.4. The van der Waals surface area contributed by atoms with Gasteiger partial charge in [0.05, 0.1) is 26.9 Å². The molecule has 1 aromatic rings. The zero-order valence-corrected chi connectivity index (χ0v) is 30.6. The second-order valence-electron chi connectivity index (χ2n) is 12.8. The molecule has 15 nitrogen and oxygen atoms in total. The highest BCUT2D eigenvalue weighted by atomic mass is 32.1. The van der Waals surface area contributed by atoms with E-state index in [-0.39, 0.29) is 29.9 Å². The van der Waals surface area contributed by atoms with Crippen LogP contribution in [0.25, 0.3) is 0 Å². The molecule has 1 aliphatic heterocycles. The normalized spacial score (nSPS) is 15.4. The molecule has 1 aromatic heterocycles. The lowest BCUT2D eigenvalue weighted by molar-refractivity contribution is -0.151. The van der Waals surface area contributed by atoms with E-state index in [1.54, 1.807) is 12.5 Å². The molecule has 2 rings (SSSR count). The Hall–Kier alpha value is -3.12. The fourth-order valence-electron chi connectivity index (χ4n) is 4.17. The van der Waals surface area contributed by atoms with E-state index in [1.807, 2.05) is 13.1 Å². The van der Waals surface area contributed by atoms with Gasteiger partial charge >= 0.3 is 11.9 Å².